The molecule has 1 aliphatic rings. The van der Waals surface area contributed by atoms with Gasteiger partial charge in [-0.1, -0.05) is 0 Å². The largest absolute Gasteiger partial charge is 0.494 e. The van der Waals surface area contributed by atoms with Crippen LogP contribution in [0.4, 0.5) is 20.9 Å². The minimum absolute atomic E-state index is 0.0143. The van der Waals surface area contributed by atoms with Crippen molar-refractivity contribution in [2.75, 3.05) is 30.4 Å². The van der Waals surface area contributed by atoms with Crippen LogP contribution in [0.3, 0.4) is 0 Å². The van der Waals surface area contributed by atoms with Crippen LogP contribution in [0.25, 0.3) is 11.3 Å². The van der Waals surface area contributed by atoms with Gasteiger partial charge in [-0.2, -0.15) is 0 Å². The zero-order valence-electron chi connectivity index (χ0n) is 18.7. The highest BCUT2D eigenvalue weighted by Crippen LogP contribution is 2.31. The Morgan fingerprint density at radius 3 is 2.69 bits per heavy atom. The maximum Gasteiger partial charge on any atom is 0.293 e. The average Bonchev–Trinajstić information content (AvgIpc) is 3.32. The standard InChI is InChI=1S/C23H22FN5O4S2/c1-33-20-8-6-14(11-16(20)24)17-13-35-23(25-17)27-22(34)26-21(30)15-5-7-18(19(12-15)29(31)32)28-9-3-2-4-10-28/h5-8,11-13H,2-4,9-10H2,1H3,(H2,25,26,27,30,34). The van der Waals surface area contributed by atoms with Crippen molar-refractivity contribution in [3.05, 3.63) is 63.3 Å². The van der Waals surface area contributed by atoms with Gasteiger partial charge in [0.25, 0.3) is 11.6 Å². The summed E-state index contributed by atoms with van der Waals surface area (Å²) in [6.45, 7) is 1.50. The molecule has 1 amide bonds. The van der Waals surface area contributed by atoms with Crippen LogP contribution in [0, 0.1) is 15.9 Å². The number of carbonyl (C=O) groups excluding carboxylic acids is 1. The highest BCUT2D eigenvalue weighted by atomic mass is 32.1. The molecule has 9 nitrogen and oxygen atoms in total. The predicted molar refractivity (Wildman–Crippen MR) is 137 cm³/mol. The lowest BCUT2D eigenvalue weighted by Crippen LogP contribution is -2.34. The lowest BCUT2D eigenvalue weighted by molar-refractivity contribution is -0.384. The first-order valence-corrected chi connectivity index (χ1v) is 12.1. The normalized spacial score (nSPS) is 13.3. The lowest BCUT2D eigenvalue weighted by atomic mass is 10.1. The summed E-state index contributed by atoms with van der Waals surface area (Å²) in [6.07, 6.45) is 3.06. The Labute approximate surface area is 210 Å². The summed E-state index contributed by atoms with van der Waals surface area (Å²) >= 11 is 6.44. The number of thiocarbonyl (C=S) groups is 1. The van der Waals surface area contributed by atoms with Gasteiger partial charge >= 0.3 is 0 Å². The predicted octanol–water partition coefficient (Wildman–Crippen LogP) is 4.98. The van der Waals surface area contributed by atoms with Gasteiger partial charge in [0, 0.05) is 35.7 Å². The van der Waals surface area contributed by atoms with Crippen molar-refractivity contribution in [2.24, 2.45) is 0 Å². The Morgan fingerprint density at radius 2 is 2.00 bits per heavy atom. The minimum atomic E-state index is -0.579. The molecule has 2 N–H and O–H groups in total. The van der Waals surface area contributed by atoms with E-state index in [1.54, 1.807) is 23.6 Å². The van der Waals surface area contributed by atoms with Gasteiger partial charge in [-0.15, -0.1) is 11.3 Å². The number of nitro groups is 1. The van der Waals surface area contributed by atoms with Gasteiger partial charge in [-0.3, -0.25) is 20.2 Å². The third-order valence-corrected chi connectivity index (χ3v) is 6.49. The van der Waals surface area contributed by atoms with Gasteiger partial charge in [0.2, 0.25) is 0 Å². The second-order valence-corrected chi connectivity index (χ2v) is 9.07. The van der Waals surface area contributed by atoms with E-state index in [4.69, 9.17) is 17.0 Å². The van der Waals surface area contributed by atoms with Crippen LogP contribution in [0.2, 0.25) is 0 Å². The number of anilines is 2. The molecule has 182 valence electrons. The number of halogens is 1. The number of hydrogen-bond donors (Lipinski definition) is 2. The minimum Gasteiger partial charge on any atom is -0.494 e. The number of benzene rings is 2. The molecule has 0 aliphatic carbocycles. The molecule has 0 unspecified atom stereocenters. The fourth-order valence-corrected chi connectivity index (χ4v) is 4.78. The Kier molecular flexibility index (Phi) is 7.51. The number of hydrogen-bond acceptors (Lipinski definition) is 8. The smallest absolute Gasteiger partial charge is 0.293 e. The maximum atomic E-state index is 14.0. The molecule has 0 saturated carbocycles. The fourth-order valence-electron chi connectivity index (χ4n) is 3.81. The van der Waals surface area contributed by atoms with Crippen LogP contribution < -0.4 is 20.3 Å². The Bertz CT molecular complexity index is 1280. The SMILES string of the molecule is COc1ccc(-c2csc(NC(=S)NC(=O)c3ccc(N4CCCCC4)c([N+](=O)[O-])c3)n2)cc1F. The van der Waals surface area contributed by atoms with Crippen molar-refractivity contribution in [3.63, 3.8) is 0 Å². The fraction of sp³-hybridized carbons (Fsp3) is 0.261. The molecule has 2 heterocycles. The van der Waals surface area contributed by atoms with Crippen LogP contribution in [0.15, 0.2) is 41.8 Å². The van der Waals surface area contributed by atoms with Gasteiger partial charge in [0.15, 0.2) is 21.8 Å². The number of nitrogens with zero attached hydrogens (tertiary/aromatic N) is 3. The van der Waals surface area contributed by atoms with Gasteiger partial charge in [0.05, 0.1) is 17.7 Å². The van der Waals surface area contributed by atoms with E-state index in [-0.39, 0.29) is 22.1 Å². The number of thiazole rings is 1. The Morgan fingerprint density at radius 1 is 1.23 bits per heavy atom. The van der Waals surface area contributed by atoms with E-state index in [9.17, 15) is 19.3 Å². The Balaban J connectivity index is 1.42. The van der Waals surface area contributed by atoms with Gasteiger partial charge in [-0.05, 0) is 61.8 Å². The number of carbonyl (C=O) groups is 1. The van der Waals surface area contributed by atoms with Crippen LogP contribution >= 0.6 is 23.6 Å². The van der Waals surface area contributed by atoms with E-state index in [0.717, 1.165) is 32.4 Å². The third kappa shape index (κ3) is 5.72. The molecule has 1 aromatic heterocycles. The molecular formula is C23H22FN5O4S2. The number of methoxy groups -OCH3 is 1. The molecule has 2 aromatic carbocycles. The lowest BCUT2D eigenvalue weighted by Gasteiger charge is -2.28. The molecular weight excluding hydrogens is 493 g/mol. The highest BCUT2D eigenvalue weighted by Gasteiger charge is 2.23. The monoisotopic (exact) mass is 515 g/mol. The topological polar surface area (TPSA) is 110 Å². The van der Waals surface area contributed by atoms with Gasteiger partial charge in [-0.25, -0.2) is 9.37 Å². The van der Waals surface area contributed by atoms with Crippen LogP contribution in [-0.4, -0.2) is 41.1 Å². The van der Waals surface area contributed by atoms with E-state index in [1.165, 1.54) is 36.6 Å². The molecule has 0 spiro atoms. The summed E-state index contributed by atoms with van der Waals surface area (Å²) < 4.78 is 18.9. The number of nitro benzene ring substituents is 1. The van der Waals surface area contributed by atoms with E-state index in [1.807, 2.05) is 4.90 Å². The highest BCUT2D eigenvalue weighted by molar-refractivity contribution is 7.80. The average molecular weight is 516 g/mol. The summed E-state index contributed by atoms with van der Waals surface area (Å²) in [5.74, 6) is -0.948. The first-order chi connectivity index (χ1) is 16.9. The summed E-state index contributed by atoms with van der Waals surface area (Å²) in [5, 5.41) is 19.1. The molecule has 1 saturated heterocycles. The van der Waals surface area contributed by atoms with Crippen molar-refractivity contribution in [2.45, 2.75) is 19.3 Å². The van der Waals surface area contributed by atoms with E-state index in [2.05, 4.69) is 15.6 Å². The molecule has 12 heteroatoms. The third-order valence-electron chi connectivity index (χ3n) is 5.53. The second-order valence-electron chi connectivity index (χ2n) is 7.80. The molecule has 0 atom stereocenters. The van der Waals surface area contributed by atoms with Crippen LogP contribution in [0.1, 0.15) is 29.6 Å². The molecule has 35 heavy (non-hydrogen) atoms. The summed E-state index contributed by atoms with van der Waals surface area (Å²) in [5.41, 5.74) is 1.60. The zero-order valence-corrected chi connectivity index (χ0v) is 20.4. The van der Waals surface area contributed by atoms with Crippen molar-refractivity contribution in [1.82, 2.24) is 10.3 Å². The summed E-state index contributed by atoms with van der Waals surface area (Å²) in [6, 6.07) is 8.93. The van der Waals surface area contributed by atoms with Crippen molar-refractivity contribution in [1.29, 1.82) is 0 Å². The first-order valence-electron chi connectivity index (χ1n) is 10.8. The molecule has 4 rings (SSSR count). The number of piperidine rings is 1. The van der Waals surface area contributed by atoms with E-state index < -0.39 is 16.6 Å². The van der Waals surface area contributed by atoms with Crippen molar-refractivity contribution < 1.29 is 18.8 Å². The molecule has 0 radical (unpaired) electrons. The number of nitrogens with one attached hydrogen (secondary N) is 2. The first kappa shape index (κ1) is 24.5. The molecule has 0 bridgehead atoms. The molecule has 1 fully saturated rings. The van der Waals surface area contributed by atoms with E-state index >= 15 is 0 Å². The number of amides is 1. The second kappa shape index (κ2) is 10.7. The van der Waals surface area contributed by atoms with Gasteiger partial charge < -0.3 is 15.0 Å². The Hall–Kier alpha value is -3.64. The number of rotatable bonds is 6. The maximum absolute atomic E-state index is 14.0. The summed E-state index contributed by atoms with van der Waals surface area (Å²) in [7, 11) is 1.39. The molecule has 1 aliphatic heterocycles. The van der Waals surface area contributed by atoms with Crippen molar-refractivity contribution >= 4 is 51.1 Å². The summed E-state index contributed by atoms with van der Waals surface area (Å²) in [4.78, 5) is 30.2. The molecule has 3 aromatic rings. The van der Waals surface area contributed by atoms with Crippen LogP contribution in [-0.2, 0) is 0 Å². The van der Waals surface area contributed by atoms with Crippen LogP contribution in [0.5, 0.6) is 5.75 Å². The van der Waals surface area contributed by atoms with E-state index in [0.29, 0.717) is 22.1 Å². The number of ether oxygens (including phenoxy) is 1. The van der Waals surface area contributed by atoms with Crippen molar-refractivity contribution in [3.8, 4) is 17.0 Å². The number of aromatic nitrogens is 1. The quantitative estimate of drug-likeness (QED) is 0.269. The zero-order chi connectivity index (χ0) is 24.9. The van der Waals surface area contributed by atoms with Gasteiger partial charge in [0.1, 0.15) is 5.69 Å².